The summed E-state index contributed by atoms with van der Waals surface area (Å²) in [6.07, 6.45) is 2.25. The second-order valence-corrected chi connectivity index (χ2v) is 9.87. The van der Waals surface area contributed by atoms with Crippen LogP contribution in [-0.4, -0.2) is 47.9 Å². The molecule has 1 aromatic carbocycles. The van der Waals surface area contributed by atoms with Gasteiger partial charge in [0.25, 0.3) is 0 Å². The molecule has 0 fully saturated rings. The normalized spacial score (nSPS) is 16.4. The van der Waals surface area contributed by atoms with Gasteiger partial charge in [-0.15, -0.1) is 11.3 Å². The fourth-order valence-electron chi connectivity index (χ4n) is 4.24. The Kier molecular flexibility index (Phi) is 8.35. The lowest BCUT2D eigenvalue weighted by molar-refractivity contribution is -0.143. The summed E-state index contributed by atoms with van der Waals surface area (Å²) in [5.41, 5.74) is 3.47. The van der Waals surface area contributed by atoms with Crippen LogP contribution in [0.15, 0.2) is 29.6 Å². The number of fused-ring (bicyclic) bond motifs is 1. The van der Waals surface area contributed by atoms with Gasteiger partial charge in [-0.2, -0.15) is 0 Å². The Morgan fingerprint density at radius 2 is 2.03 bits per heavy atom. The number of carbonyl (C=O) groups excluding carboxylic acids is 2. The molecule has 5 nitrogen and oxygen atoms in total. The van der Waals surface area contributed by atoms with E-state index in [2.05, 4.69) is 38.3 Å². The number of rotatable bonds is 9. The van der Waals surface area contributed by atoms with E-state index in [9.17, 15) is 9.59 Å². The molecule has 0 radical (unpaired) electrons. The van der Waals surface area contributed by atoms with Crippen LogP contribution < -0.4 is 4.74 Å². The van der Waals surface area contributed by atoms with Gasteiger partial charge < -0.3 is 14.5 Å². The molecule has 1 aliphatic heterocycles. The highest BCUT2D eigenvalue weighted by molar-refractivity contribution is 7.10. The average Bonchev–Trinajstić information content (AvgIpc) is 3.26. The van der Waals surface area contributed by atoms with Gasteiger partial charge in [0.05, 0.1) is 12.6 Å². The Labute approximate surface area is 196 Å². The minimum Gasteiger partial charge on any atom is -0.491 e. The molecule has 6 heteroatoms. The summed E-state index contributed by atoms with van der Waals surface area (Å²) in [6.45, 7) is 12.0. The Morgan fingerprint density at radius 1 is 1.25 bits per heavy atom. The van der Waals surface area contributed by atoms with Gasteiger partial charge in [0.15, 0.2) is 0 Å². The number of hydrogen-bond acceptors (Lipinski definition) is 4. The van der Waals surface area contributed by atoms with Crippen LogP contribution in [-0.2, 0) is 16.0 Å². The second-order valence-electron chi connectivity index (χ2n) is 8.87. The van der Waals surface area contributed by atoms with Gasteiger partial charge in [0.1, 0.15) is 12.4 Å². The van der Waals surface area contributed by atoms with Crippen molar-refractivity contribution in [3.8, 4) is 5.75 Å². The first kappa shape index (κ1) is 24.3. The van der Waals surface area contributed by atoms with Gasteiger partial charge >= 0.3 is 0 Å². The van der Waals surface area contributed by atoms with Crippen molar-refractivity contribution in [2.75, 3.05) is 26.2 Å². The third-order valence-electron chi connectivity index (χ3n) is 6.35. The predicted molar refractivity (Wildman–Crippen MR) is 130 cm³/mol. The predicted octanol–water partition coefficient (Wildman–Crippen LogP) is 5.15. The molecule has 32 heavy (non-hydrogen) atoms. The van der Waals surface area contributed by atoms with Crippen molar-refractivity contribution in [1.82, 2.24) is 9.80 Å². The molecule has 0 aliphatic carbocycles. The minimum atomic E-state index is -0.139. The molecule has 3 rings (SSSR count). The lowest BCUT2D eigenvalue weighted by Crippen LogP contribution is -2.48. The Hall–Kier alpha value is -2.34. The van der Waals surface area contributed by atoms with Crippen LogP contribution in [0.1, 0.15) is 61.2 Å². The smallest absolute Gasteiger partial charge is 0.242 e. The van der Waals surface area contributed by atoms with Gasteiger partial charge in [-0.3, -0.25) is 9.59 Å². The van der Waals surface area contributed by atoms with Crippen LogP contribution in [0.3, 0.4) is 0 Å². The molecule has 2 aromatic rings. The van der Waals surface area contributed by atoms with Gasteiger partial charge in [0.2, 0.25) is 11.8 Å². The first-order valence-corrected chi connectivity index (χ1v) is 12.6. The number of aryl methyl sites for hydroxylation is 2. The molecule has 0 saturated carbocycles. The van der Waals surface area contributed by atoms with Crippen molar-refractivity contribution in [1.29, 1.82) is 0 Å². The summed E-state index contributed by atoms with van der Waals surface area (Å²) in [5, 5.41) is 2.10. The zero-order valence-corrected chi connectivity index (χ0v) is 20.8. The maximum atomic E-state index is 13.4. The van der Waals surface area contributed by atoms with Crippen LogP contribution in [0.4, 0.5) is 0 Å². The number of nitrogens with zero attached hydrogens (tertiary/aromatic N) is 2. The van der Waals surface area contributed by atoms with E-state index in [-0.39, 0.29) is 24.4 Å². The molecule has 2 amide bonds. The highest BCUT2D eigenvalue weighted by Gasteiger charge is 2.33. The van der Waals surface area contributed by atoms with Crippen LogP contribution >= 0.6 is 11.3 Å². The molecule has 2 heterocycles. The SMILES string of the molecule is CCC(=O)N(CC(=O)N1CCc2sccc2[C@H]1COc1ccc(C)cc1C)C[C@@H](C)CC. The summed E-state index contributed by atoms with van der Waals surface area (Å²) in [4.78, 5) is 31.0. The van der Waals surface area contributed by atoms with E-state index in [0.717, 1.165) is 24.2 Å². The van der Waals surface area contributed by atoms with E-state index in [1.807, 2.05) is 30.9 Å². The number of benzene rings is 1. The van der Waals surface area contributed by atoms with Gasteiger partial charge in [-0.25, -0.2) is 0 Å². The number of carbonyl (C=O) groups is 2. The average molecular weight is 457 g/mol. The summed E-state index contributed by atoms with van der Waals surface area (Å²) < 4.78 is 6.22. The van der Waals surface area contributed by atoms with Crippen LogP contribution in [0.5, 0.6) is 5.75 Å². The Bertz CT molecular complexity index is 939. The van der Waals surface area contributed by atoms with Gasteiger partial charge in [-0.05, 0) is 54.8 Å². The molecule has 0 unspecified atom stereocenters. The highest BCUT2D eigenvalue weighted by atomic mass is 32.1. The van der Waals surface area contributed by atoms with E-state index >= 15 is 0 Å². The van der Waals surface area contributed by atoms with Crippen molar-refractivity contribution >= 4 is 23.2 Å². The fourth-order valence-corrected chi connectivity index (χ4v) is 5.17. The van der Waals surface area contributed by atoms with E-state index in [1.165, 1.54) is 16.0 Å². The number of thiophene rings is 1. The van der Waals surface area contributed by atoms with Crippen molar-refractivity contribution in [3.05, 3.63) is 51.2 Å². The molecular formula is C26H36N2O3S. The van der Waals surface area contributed by atoms with E-state index < -0.39 is 0 Å². The zero-order chi connectivity index (χ0) is 23.3. The minimum absolute atomic E-state index is 0.00109. The van der Waals surface area contributed by atoms with Gasteiger partial charge in [0, 0.05) is 24.4 Å². The van der Waals surface area contributed by atoms with Crippen molar-refractivity contribution in [2.45, 2.75) is 59.9 Å². The molecule has 1 aromatic heterocycles. The lowest BCUT2D eigenvalue weighted by atomic mass is 10.00. The van der Waals surface area contributed by atoms with Crippen LogP contribution in [0.25, 0.3) is 0 Å². The van der Waals surface area contributed by atoms with E-state index in [0.29, 0.717) is 32.0 Å². The maximum Gasteiger partial charge on any atom is 0.242 e. The third-order valence-corrected chi connectivity index (χ3v) is 7.35. The van der Waals surface area contributed by atoms with Crippen LogP contribution in [0, 0.1) is 19.8 Å². The number of ether oxygens (including phenoxy) is 1. The van der Waals surface area contributed by atoms with Crippen molar-refractivity contribution in [3.63, 3.8) is 0 Å². The molecule has 0 saturated heterocycles. The molecule has 0 bridgehead atoms. The number of hydrogen-bond donors (Lipinski definition) is 0. The molecule has 0 spiro atoms. The molecule has 1 aliphatic rings. The largest absolute Gasteiger partial charge is 0.491 e. The summed E-state index contributed by atoms with van der Waals surface area (Å²) in [7, 11) is 0. The first-order chi connectivity index (χ1) is 15.3. The quantitative estimate of drug-likeness (QED) is 0.524. The van der Waals surface area contributed by atoms with Crippen molar-refractivity contribution in [2.24, 2.45) is 5.92 Å². The maximum absolute atomic E-state index is 13.4. The Morgan fingerprint density at radius 3 is 2.72 bits per heavy atom. The highest BCUT2D eigenvalue weighted by Crippen LogP contribution is 2.34. The zero-order valence-electron chi connectivity index (χ0n) is 20.0. The third kappa shape index (κ3) is 5.71. The first-order valence-electron chi connectivity index (χ1n) is 11.7. The van der Waals surface area contributed by atoms with E-state index in [4.69, 9.17) is 4.74 Å². The van der Waals surface area contributed by atoms with Crippen LogP contribution in [0.2, 0.25) is 0 Å². The standard InChI is InChI=1S/C26H36N2O3S/c1-6-18(3)15-27(25(29)7-2)16-26(30)28-12-10-24-21(11-13-32-24)22(28)17-31-23-9-8-19(4)14-20(23)5/h8-9,11,13-14,18,22H,6-7,10,12,15-17H2,1-5H3/t18-,22+/m0/s1. The van der Waals surface area contributed by atoms with E-state index in [1.54, 1.807) is 16.2 Å². The molecule has 174 valence electrons. The van der Waals surface area contributed by atoms with Crippen molar-refractivity contribution < 1.29 is 14.3 Å². The molecule has 0 N–H and O–H groups in total. The second kappa shape index (κ2) is 11.0. The topological polar surface area (TPSA) is 49.9 Å². The number of amides is 2. The van der Waals surface area contributed by atoms with Gasteiger partial charge in [-0.1, -0.05) is 44.9 Å². The summed E-state index contributed by atoms with van der Waals surface area (Å²) in [5.74, 6) is 1.26. The Balaban J connectivity index is 1.78. The monoisotopic (exact) mass is 456 g/mol. The molecular weight excluding hydrogens is 420 g/mol. The lowest BCUT2D eigenvalue weighted by Gasteiger charge is -2.37. The fraction of sp³-hybridized carbons (Fsp3) is 0.538. The summed E-state index contributed by atoms with van der Waals surface area (Å²) >= 11 is 1.75. The molecule has 2 atom stereocenters. The summed E-state index contributed by atoms with van der Waals surface area (Å²) in [6, 6.07) is 8.13.